The Morgan fingerprint density at radius 2 is 2.31 bits per heavy atom. The Balaban J connectivity index is 2.94. The maximum absolute atomic E-state index is 8.82. The number of nitriles is 1. The molecule has 0 bridgehead atoms. The molecular weight excluding hydrogens is 266 g/mol. The maximum atomic E-state index is 8.82. The van der Waals surface area contributed by atoms with Gasteiger partial charge < -0.3 is 0 Å². The number of halogens is 1. The summed E-state index contributed by atoms with van der Waals surface area (Å²) in [4.78, 5) is 0.716. The molecule has 0 saturated heterocycles. The van der Waals surface area contributed by atoms with Gasteiger partial charge in [0.25, 0.3) is 0 Å². The molecule has 0 unspecified atom stereocenters. The third kappa shape index (κ3) is 1.37. The lowest BCUT2D eigenvalue weighted by molar-refractivity contribution is 1.38. The highest BCUT2D eigenvalue weighted by molar-refractivity contribution is 9.10. The molecular formula is C9H4BrNS2. The molecule has 0 N–H and O–H groups in total. The fourth-order valence-corrected chi connectivity index (χ4v) is 2.90. The molecule has 0 aliphatic carbocycles. The first-order valence-corrected chi connectivity index (χ1v) is 5.65. The highest BCUT2D eigenvalue weighted by Gasteiger charge is 2.08. The van der Waals surface area contributed by atoms with Crippen LogP contribution >= 0.6 is 39.9 Å². The Morgan fingerprint density at radius 3 is 3.00 bits per heavy atom. The molecule has 1 aromatic heterocycles. The Labute approximate surface area is 93.5 Å². The highest BCUT2D eigenvalue weighted by Crippen LogP contribution is 2.35. The van der Waals surface area contributed by atoms with Gasteiger partial charge in [-0.1, -0.05) is 0 Å². The van der Waals surface area contributed by atoms with Crippen LogP contribution in [0.5, 0.6) is 0 Å². The van der Waals surface area contributed by atoms with Crippen LogP contribution in [-0.4, -0.2) is 0 Å². The summed E-state index contributed by atoms with van der Waals surface area (Å²) in [7, 11) is 0. The van der Waals surface area contributed by atoms with Crippen LogP contribution in [0.1, 0.15) is 5.56 Å². The lowest BCUT2D eigenvalue weighted by Crippen LogP contribution is -1.79. The van der Waals surface area contributed by atoms with Gasteiger partial charge in [0, 0.05) is 19.5 Å². The zero-order valence-corrected chi connectivity index (χ0v) is 9.71. The summed E-state index contributed by atoms with van der Waals surface area (Å²) >= 11 is 9.33. The second-order valence-corrected chi connectivity index (χ2v) is 4.72. The van der Waals surface area contributed by atoms with E-state index in [9.17, 15) is 0 Å². The number of benzene rings is 1. The molecule has 0 amide bonds. The summed E-state index contributed by atoms with van der Waals surface area (Å²) in [5.74, 6) is 0. The second-order valence-electron chi connectivity index (χ2n) is 2.53. The van der Waals surface area contributed by atoms with Crippen molar-refractivity contribution in [3.63, 3.8) is 0 Å². The van der Waals surface area contributed by atoms with E-state index in [1.165, 1.54) is 0 Å². The molecule has 0 atom stereocenters. The third-order valence-electron chi connectivity index (χ3n) is 1.79. The molecule has 0 radical (unpaired) electrons. The van der Waals surface area contributed by atoms with Crippen LogP contribution in [-0.2, 0) is 0 Å². The molecule has 1 heterocycles. The number of fused-ring (bicyclic) bond motifs is 1. The van der Waals surface area contributed by atoms with Crippen molar-refractivity contribution in [2.45, 2.75) is 4.90 Å². The van der Waals surface area contributed by atoms with Crippen molar-refractivity contribution in [3.8, 4) is 6.07 Å². The largest absolute Gasteiger partial charge is 0.192 e. The molecule has 1 nitrogen and oxygen atoms in total. The Bertz CT molecular complexity index is 510. The van der Waals surface area contributed by atoms with E-state index in [0.29, 0.717) is 10.5 Å². The number of nitrogens with zero attached hydrogens (tertiary/aromatic N) is 1. The number of rotatable bonds is 0. The van der Waals surface area contributed by atoms with Gasteiger partial charge in [0.1, 0.15) is 6.07 Å². The van der Waals surface area contributed by atoms with Crippen molar-refractivity contribution in [3.05, 3.63) is 27.5 Å². The van der Waals surface area contributed by atoms with Gasteiger partial charge in [-0.05, 0) is 33.4 Å². The van der Waals surface area contributed by atoms with Gasteiger partial charge in [-0.3, -0.25) is 0 Å². The van der Waals surface area contributed by atoms with Gasteiger partial charge >= 0.3 is 0 Å². The average molecular weight is 270 g/mol. The minimum absolute atomic E-state index is 0.616. The van der Waals surface area contributed by atoms with Crippen molar-refractivity contribution in [2.75, 3.05) is 0 Å². The van der Waals surface area contributed by atoms with Crippen molar-refractivity contribution in [1.29, 1.82) is 5.26 Å². The van der Waals surface area contributed by atoms with Crippen LogP contribution in [0.2, 0.25) is 0 Å². The monoisotopic (exact) mass is 269 g/mol. The molecule has 4 heteroatoms. The number of thiophene rings is 1. The van der Waals surface area contributed by atoms with Crippen molar-refractivity contribution < 1.29 is 0 Å². The molecule has 0 spiro atoms. The molecule has 13 heavy (non-hydrogen) atoms. The van der Waals surface area contributed by atoms with Gasteiger partial charge in [-0.2, -0.15) is 5.26 Å². The van der Waals surface area contributed by atoms with Crippen LogP contribution in [0, 0.1) is 11.3 Å². The molecule has 0 fully saturated rings. The van der Waals surface area contributed by atoms with E-state index in [2.05, 4.69) is 34.6 Å². The van der Waals surface area contributed by atoms with E-state index in [1.807, 2.05) is 17.5 Å². The smallest absolute Gasteiger partial charge is 0.100 e. The highest BCUT2D eigenvalue weighted by atomic mass is 79.9. The number of thiol groups is 1. The van der Waals surface area contributed by atoms with Crippen molar-refractivity contribution in [2.24, 2.45) is 0 Å². The third-order valence-corrected chi connectivity index (χ3v) is 4.25. The molecule has 0 saturated carbocycles. The normalized spacial score (nSPS) is 10.2. The Morgan fingerprint density at radius 1 is 1.54 bits per heavy atom. The van der Waals surface area contributed by atoms with Crippen LogP contribution in [0.25, 0.3) is 10.1 Å². The Kier molecular flexibility index (Phi) is 2.33. The minimum atomic E-state index is 0.616. The lowest BCUT2D eigenvalue weighted by Gasteiger charge is -2.00. The van der Waals surface area contributed by atoms with E-state index in [4.69, 9.17) is 5.26 Å². The molecule has 0 aliphatic heterocycles. The molecule has 2 aromatic rings. The standard InChI is InChI=1S/C9H4BrNS2/c10-8-6-1-2-13-7(6)3-5(4-11)9(8)12/h1-3,12H. The van der Waals surface area contributed by atoms with E-state index in [1.54, 1.807) is 11.3 Å². The summed E-state index contributed by atoms with van der Waals surface area (Å²) < 4.78 is 2.02. The minimum Gasteiger partial charge on any atom is -0.192 e. The Hall–Kier alpha value is -0.500. The maximum Gasteiger partial charge on any atom is 0.100 e. The second kappa shape index (κ2) is 3.33. The number of hydrogen-bond donors (Lipinski definition) is 1. The summed E-state index contributed by atoms with van der Waals surface area (Å²) in [6, 6.07) is 6.01. The zero-order valence-electron chi connectivity index (χ0n) is 6.41. The van der Waals surface area contributed by atoms with E-state index >= 15 is 0 Å². The summed E-state index contributed by atoms with van der Waals surface area (Å²) in [6.07, 6.45) is 0. The van der Waals surface area contributed by atoms with Crippen molar-refractivity contribution >= 4 is 50.0 Å². The van der Waals surface area contributed by atoms with Gasteiger partial charge in [0.05, 0.1) is 5.56 Å². The van der Waals surface area contributed by atoms with E-state index in [-0.39, 0.29) is 0 Å². The molecule has 64 valence electrons. The van der Waals surface area contributed by atoms with E-state index < -0.39 is 0 Å². The van der Waals surface area contributed by atoms with Gasteiger partial charge in [0.2, 0.25) is 0 Å². The summed E-state index contributed by atoms with van der Waals surface area (Å²) in [5, 5.41) is 11.9. The first-order valence-electron chi connectivity index (χ1n) is 3.53. The van der Waals surface area contributed by atoms with Crippen LogP contribution in [0.15, 0.2) is 26.9 Å². The zero-order chi connectivity index (χ0) is 9.42. The summed E-state index contributed by atoms with van der Waals surface area (Å²) in [5.41, 5.74) is 0.616. The van der Waals surface area contributed by atoms with Crippen LogP contribution in [0.3, 0.4) is 0 Å². The first kappa shape index (κ1) is 9.07. The predicted molar refractivity (Wildman–Crippen MR) is 61.5 cm³/mol. The van der Waals surface area contributed by atoms with Gasteiger partial charge in [-0.15, -0.1) is 24.0 Å². The topological polar surface area (TPSA) is 23.8 Å². The average Bonchev–Trinajstić information content (AvgIpc) is 2.59. The molecule has 0 aliphatic rings. The van der Waals surface area contributed by atoms with Gasteiger partial charge in [0.15, 0.2) is 0 Å². The van der Waals surface area contributed by atoms with E-state index in [0.717, 1.165) is 14.6 Å². The summed E-state index contributed by atoms with van der Waals surface area (Å²) in [6.45, 7) is 0. The fraction of sp³-hybridized carbons (Fsp3) is 0. The first-order chi connectivity index (χ1) is 6.24. The van der Waals surface area contributed by atoms with Gasteiger partial charge in [-0.25, -0.2) is 0 Å². The van der Waals surface area contributed by atoms with Crippen molar-refractivity contribution in [1.82, 2.24) is 0 Å². The van der Waals surface area contributed by atoms with Crippen LogP contribution < -0.4 is 0 Å². The molecule has 2 rings (SSSR count). The SMILES string of the molecule is N#Cc1cc2sccc2c(Br)c1S. The fourth-order valence-electron chi connectivity index (χ4n) is 1.14. The lowest BCUT2D eigenvalue weighted by atomic mass is 10.2. The van der Waals surface area contributed by atoms with Crippen LogP contribution in [0.4, 0.5) is 0 Å². The molecule has 1 aromatic carbocycles. The quantitative estimate of drug-likeness (QED) is 0.723. The predicted octanol–water partition coefficient (Wildman–Crippen LogP) is 3.82. The number of hydrogen-bond acceptors (Lipinski definition) is 3.